The summed E-state index contributed by atoms with van der Waals surface area (Å²) in [5.74, 6) is 0.675. The molecule has 0 saturated heterocycles. The van der Waals surface area contributed by atoms with E-state index in [1.54, 1.807) is 23.0 Å². The molecule has 0 unspecified atom stereocenters. The molecule has 130 valence electrons. The van der Waals surface area contributed by atoms with Crippen LogP contribution in [0.1, 0.15) is 27.0 Å². The Hall–Kier alpha value is -2.70. The van der Waals surface area contributed by atoms with E-state index in [1.807, 2.05) is 53.9 Å². The molecule has 3 aromatic heterocycles. The van der Waals surface area contributed by atoms with E-state index >= 15 is 0 Å². The molecule has 3 heterocycles. The quantitative estimate of drug-likeness (QED) is 0.511. The molecule has 1 aromatic carbocycles. The van der Waals surface area contributed by atoms with Crippen molar-refractivity contribution in [1.29, 1.82) is 0 Å². The van der Waals surface area contributed by atoms with E-state index < -0.39 is 0 Å². The molecule has 0 spiro atoms. The minimum atomic E-state index is -0.170. The van der Waals surface area contributed by atoms with E-state index in [0.29, 0.717) is 12.2 Å². The highest BCUT2D eigenvalue weighted by atomic mass is 32.1. The second-order valence-corrected chi connectivity index (χ2v) is 7.53. The van der Waals surface area contributed by atoms with Gasteiger partial charge in [-0.1, -0.05) is 36.4 Å². The first-order valence-electron chi connectivity index (χ1n) is 8.17. The van der Waals surface area contributed by atoms with Crippen LogP contribution >= 0.6 is 22.7 Å². The lowest BCUT2D eigenvalue weighted by atomic mass is 10.0. The summed E-state index contributed by atoms with van der Waals surface area (Å²) in [5.41, 5.74) is 1.46. The number of benzene rings is 1. The molecule has 4 rings (SSSR count). The summed E-state index contributed by atoms with van der Waals surface area (Å²) in [6.07, 6.45) is 1.66. The van der Waals surface area contributed by atoms with Crippen molar-refractivity contribution in [2.24, 2.45) is 0 Å². The Balaban J connectivity index is 1.47. The highest BCUT2D eigenvalue weighted by Gasteiger charge is 2.20. The van der Waals surface area contributed by atoms with Crippen LogP contribution < -0.4 is 5.32 Å². The number of nitrogens with one attached hydrogen (secondary N) is 1. The minimum Gasteiger partial charge on any atom is -0.469 e. The van der Waals surface area contributed by atoms with Crippen LogP contribution in [0.5, 0.6) is 0 Å². The second-order valence-electron chi connectivity index (χ2n) is 5.70. The van der Waals surface area contributed by atoms with Gasteiger partial charge in [-0.15, -0.1) is 22.7 Å². The highest BCUT2D eigenvalue weighted by Crippen LogP contribution is 2.28. The van der Waals surface area contributed by atoms with E-state index in [2.05, 4.69) is 16.4 Å². The molecule has 0 aliphatic heterocycles. The van der Waals surface area contributed by atoms with Crippen LogP contribution in [-0.2, 0) is 0 Å². The molecular weight excluding hydrogens is 364 g/mol. The summed E-state index contributed by atoms with van der Waals surface area (Å²) in [6, 6.07) is 17.7. The Bertz CT molecular complexity index is 926. The monoisotopic (exact) mass is 380 g/mol. The van der Waals surface area contributed by atoms with Crippen molar-refractivity contribution in [2.75, 3.05) is 6.54 Å². The van der Waals surface area contributed by atoms with Crippen LogP contribution in [0.2, 0.25) is 0 Å². The molecule has 0 fully saturated rings. The maximum absolute atomic E-state index is 12.5. The molecule has 0 radical (unpaired) electrons. The number of rotatable bonds is 6. The third-order valence-corrected chi connectivity index (χ3v) is 5.87. The fraction of sp³-hybridized carbons (Fsp3) is 0.100. The van der Waals surface area contributed by atoms with Gasteiger partial charge < -0.3 is 9.73 Å². The molecular formula is C20H16N2O2S2. The maximum Gasteiger partial charge on any atom is 0.270 e. The standard InChI is InChI=1S/C20H16N2O2S2/c23-19(16-13-26-20(22-16)14-6-2-1-3-7-14)21-12-15(17-8-4-10-24-17)18-9-5-11-25-18/h1-11,13,15H,12H2,(H,21,23)/t15-/m1/s1. The van der Waals surface area contributed by atoms with Crippen LogP contribution in [0.3, 0.4) is 0 Å². The van der Waals surface area contributed by atoms with Gasteiger partial charge in [-0.05, 0) is 23.6 Å². The van der Waals surface area contributed by atoms with Crippen LogP contribution in [-0.4, -0.2) is 17.4 Å². The fourth-order valence-corrected chi connectivity index (χ4v) is 4.34. The smallest absolute Gasteiger partial charge is 0.270 e. The zero-order chi connectivity index (χ0) is 17.8. The lowest BCUT2D eigenvalue weighted by Gasteiger charge is -2.13. The summed E-state index contributed by atoms with van der Waals surface area (Å²) in [7, 11) is 0. The lowest BCUT2D eigenvalue weighted by Crippen LogP contribution is -2.28. The molecule has 6 heteroatoms. The first-order chi connectivity index (χ1) is 12.8. The fourth-order valence-electron chi connectivity index (χ4n) is 2.70. The summed E-state index contributed by atoms with van der Waals surface area (Å²) in [6.45, 7) is 0.463. The van der Waals surface area contributed by atoms with Gasteiger partial charge in [0.15, 0.2) is 0 Å². The van der Waals surface area contributed by atoms with Gasteiger partial charge in [0.05, 0.1) is 12.2 Å². The first-order valence-corrected chi connectivity index (χ1v) is 9.93. The molecule has 0 aliphatic rings. The van der Waals surface area contributed by atoms with Crippen molar-refractivity contribution in [1.82, 2.24) is 10.3 Å². The number of aromatic nitrogens is 1. The lowest BCUT2D eigenvalue weighted by molar-refractivity contribution is 0.0947. The number of carbonyl (C=O) groups is 1. The first kappa shape index (κ1) is 16.8. The second kappa shape index (κ2) is 7.68. The average Bonchev–Trinajstić information content (AvgIpc) is 3.44. The van der Waals surface area contributed by atoms with E-state index in [0.717, 1.165) is 21.2 Å². The number of amides is 1. The summed E-state index contributed by atoms with van der Waals surface area (Å²) in [5, 5.41) is 7.66. The van der Waals surface area contributed by atoms with Crippen molar-refractivity contribution in [3.63, 3.8) is 0 Å². The maximum atomic E-state index is 12.5. The van der Waals surface area contributed by atoms with Crippen molar-refractivity contribution in [3.05, 3.63) is 88.0 Å². The van der Waals surface area contributed by atoms with Gasteiger partial charge in [-0.25, -0.2) is 4.98 Å². The molecule has 1 amide bonds. The summed E-state index contributed by atoms with van der Waals surface area (Å²) >= 11 is 3.13. The normalized spacial score (nSPS) is 12.0. The molecule has 4 nitrogen and oxygen atoms in total. The minimum absolute atomic E-state index is 0.00109. The zero-order valence-electron chi connectivity index (χ0n) is 13.8. The summed E-state index contributed by atoms with van der Waals surface area (Å²) in [4.78, 5) is 18.2. The van der Waals surface area contributed by atoms with Crippen LogP contribution in [0, 0.1) is 0 Å². The average molecular weight is 380 g/mol. The number of nitrogens with zero attached hydrogens (tertiary/aromatic N) is 1. The Kier molecular flexibility index (Phi) is 4.95. The molecule has 4 aromatic rings. The van der Waals surface area contributed by atoms with E-state index in [4.69, 9.17) is 4.42 Å². The van der Waals surface area contributed by atoms with E-state index in [-0.39, 0.29) is 11.8 Å². The molecule has 0 aliphatic carbocycles. The number of thiophene rings is 1. The SMILES string of the molecule is O=C(NC[C@H](c1ccco1)c1cccs1)c1csc(-c2ccccc2)n1. The van der Waals surface area contributed by atoms with Crippen LogP contribution in [0.15, 0.2) is 76.0 Å². The van der Waals surface area contributed by atoms with Crippen molar-refractivity contribution in [3.8, 4) is 10.6 Å². The highest BCUT2D eigenvalue weighted by molar-refractivity contribution is 7.13. The molecule has 1 atom stereocenters. The third kappa shape index (κ3) is 3.61. The Morgan fingerprint density at radius 3 is 2.69 bits per heavy atom. The molecule has 26 heavy (non-hydrogen) atoms. The number of hydrogen-bond acceptors (Lipinski definition) is 5. The van der Waals surface area contributed by atoms with Gasteiger partial charge >= 0.3 is 0 Å². The predicted molar refractivity (Wildman–Crippen MR) is 105 cm³/mol. The Morgan fingerprint density at radius 2 is 1.96 bits per heavy atom. The van der Waals surface area contributed by atoms with Gasteiger partial charge in [0.2, 0.25) is 0 Å². The number of hydrogen-bond donors (Lipinski definition) is 1. The zero-order valence-corrected chi connectivity index (χ0v) is 15.4. The van der Waals surface area contributed by atoms with Crippen LogP contribution in [0.4, 0.5) is 0 Å². The molecule has 1 N–H and O–H groups in total. The molecule has 0 saturated carbocycles. The largest absolute Gasteiger partial charge is 0.469 e. The van der Waals surface area contributed by atoms with Crippen molar-refractivity contribution < 1.29 is 9.21 Å². The molecule has 0 bridgehead atoms. The van der Waals surface area contributed by atoms with E-state index in [1.165, 1.54) is 11.3 Å². The van der Waals surface area contributed by atoms with Gasteiger partial charge in [0.25, 0.3) is 5.91 Å². The predicted octanol–water partition coefficient (Wildman–Crippen LogP) is 5.03. The van der Waals surface area contributed by atoms with Crippen molar-refractivity contribution >= 4 is 28.6 Å². The van der Waals surface area contributed by atoms with Gasteiger partial charge in [-0.3, -0.25) is 4.79 Å². The Labute approximate surface area is 159 Å². The number of thiazole rings is 1. The third-order valence-electron chi connectivity index (χ3n) is 4.00. The number of furan rings is 1. The van der Waals surface area contributed by atoms with Gasteiger partial charge in [0, 0.05) is 22.4 Å². The summed E-state index contributed by atoms with van der Waals surface area (Å²) < 4.78 is 5.56. The van der Waals surface area contributed by atoms with Gasteiger partial charge in [0.1, 0.15) is 16.5 Å². The van der Waals surface area contributed by atoms with Crippen LogP contribution in [0.25, 0.3) is 10.6 Å². The van der Waals surface area contributed by atoms with E-state index in [9.17, 15) is 4.79 Å². The van der Waals surface area contributed by atoms with Gasteiger partial charge in [-0.2, -0.15) is 0 Å². The van der Waals surface area contributed by atoms with Crippen molar-refractivity contribution in [2.45, 2.75) is 5.92 Å². The number of carbonyl (C=O) groups excluding carboxylic acids is 1. The topological polar surface area (TPSA) is 55.1 Å². The Morgan fingerprint density at radius 1 is 1.08 bits per heavy atom.